The van der Waals surface area contributed by atoms with Crippen LogP contribution in [0.2, 0.25) is 5.02 Å². The second kappa shape index (κ2) is 8.84. The minimum Gasteiger partial charge on any atom is -0.351 e. The Hall–Kier alpha value is -1.10. The largest absolute Gasteiger partial charge is 0.351 e. The number of nitrogens with zero attached hydrogens (tertiary/aromatic N) is 1. The van der Waals surface area contributed by atoms with Crippen molar-refractivity contribution < 1.29 is 4.79 Å². The first-order chi connectivity index (χ1) is 11.8. The Morgan fingerprint density at radius 1 is 1.12 bits per heavy atom. The third-order valence-corrected chi connectivity index (χ3v) is 5.67. The van der Waals surface area contributed by atoms with Crippen molar-refractivity contribution in [3.05, 3.63) is 34.9 Å². The molecule has 1 aromatic rings. The Balaban J connectivity index is 1.36. The molecule has 0 saturated carbocycles. The number of piperidine rings is 2. The maximum Gasteiger partial charge on any atom is 0.252 e. The molecule has 0 radical (unpaired) electrons. The van der Waals surface area contributed by atoms with Gasteiger partial charge in [0.15, 0.2) is 0 Å². The predicted molar refractivity (Wildman–Crippen MR) is 98.6 cm³/mol. The average molecular weight is 350 g/mol. The summed E-state index contributed by atoms with van der Waals surface area (Å²) in [6, 6.07) is 7.94. The number of hydrogen-bond donors (Lipinski definition) is 2. The fourth-order valence-corrected chi connectivity index (χ4v) is 4.33. The molecular formula is C19H28ClN3O. The number of fused-ring (bicyclic) bond motifs is 1. The minimum absolute atomic E-state index is 0.0986. The summed E-state index contributed by atoms with van der Waals surface area (Å²) in [5.74, 6) is 0.664. The monoisotopic (exact) mass is 349 g/mol. The zero-order valence-electron chi connectivity index (χ0n) is 14.3. The quantitative estimate of drug-likeness (QED) is 0.776. The van der Waals surface area contributed by atoms with Gasteiger partial charge in [0.2, 0.25) is 0 Å². The Kier molecular flexibility index (Phi) is 6.52. The average Bonchev–Trinajstić information content (AvgIpc) is 2.62. The van der Waals surface area contributed by atoms with Gasteiger partial charge in [-0.1, -0.05) is 30.2 Å². The van der Waals surface area contributed by atoms with Crippen LogP contribution >= 0.6 is 11.6 Å². The molecule has 3 rings (SSSR count). The van der Waals surface area contributed by atoms with Crippen molar-refractivity contribution in [1.82, 2.24) is 15.5 Å². The van der Waals surface area contributed by atoms with Crippen molar-refractivity contribution in [3.63, 3.8) is 0 Å². The minimum atomic E-state index is -0.0986. The van der Waals surface area contributed by atoms with Gasteiger partial charge >= 0.3 is 0 Å². The number of hydrogen-bond acceptors (Lipinski definition) is 3. The van der Waals surface area contributed by atoms with Gasteiger partial charge in [-0.05, 0) is 63.4 Å². The fourth-order valence-electron chi connectivity index (χ4n) is 4.11. The lowest BCUT2D eigenvalue weighted by Gasteiger charge is -2.44. The van der Waals surface area contributed by atoms with Crippen molar-refractivity contribution >= 4 is 17.5 Å². The number of amides is 1. The highest BCUT2D eigenvalue weighted by atomic mass is 35.5. The molecule has 2 aliphatic heterocycles. The van der Waals surface area contributed by atoms with Crippen LogP contribution in [-0.2, 0) is 0 Å². The molecular weight excluding hydrogens is 322 g/mol. The van der Waals surface area contributed by atoms with E-state index in [2.05, 4.69) is 15.5 Å². The highest BCUT2D eigenvalue weighted by Crippen LogP contribution is 2.30. The molecule has 2 atom stereocenters. The summed E-state index contributed by atoms with van der Waals surface area (Å²) in [6.07, 6.45) is 6.76. The van der Waals surface area contributed by atoms with E-state index in [9.17, 15) is 4.79 Å². The number of rotatable bonds is 6. The van der Waals surface area contributed by atoms with Gasteiger partial charge in [-0.2, -0.15) is 0 Å². The molecule has 2 heterocycles. The lowest BCUT2D eigenvalue weighted by molar-refractivity contribution is 0.0595. The Bertz CT molecular complexity index is 549. The van der Waals surface area contributed by atoms with Crippen molar-refractivity contribution in [1.29, 1.82) is 0 Å². The molecule has 132 valence electrons. The molecule has 2 saturated heterocycles. The van der Waals surface area contributed by atoms with E-state index < -0.39 is 0 Å². The van der Waals surface area contributed by atoms with Gasteiger partial charge in [-0.3, -0.25) is 4.79 Å². The smallest absolute Gasteiger partial charge is 0.252 e. The van der Waals surface area contributed by atoms with Crippen LogP contribution in [0.25, 0.3) is 0 Å². The zero-order valence-corrected chi connectivity index (χ0v) is 15.0. The van der Waals surface area contributed by atoms with E-state index in [0.29, 0.717) is 17.1 Å². The van der Waals surface area contributed by atoms with E-state index in [1.807, 2.05) is 12.1 Å². The Labute approximate surface area is 149 Å². The van der Waals surface area contributed by atoms with E-state index in [4.69, 9.17) is 11.6 Å². The molecule has 2 N–H and O–H groups in total. The van der Waals surface area contributed by atoms with Crippen LogP contribution < -0.4 is 10.6 Å². The third kappa shape index (κ3) is 4.50. The van der Waals surface area contributed by atoms with Gasteiger partial charge < -0.3 is 15.5 Å². The summed E-state index contributed by atoms with van der Waals surface area (Å²) in [4.78, 5) is 14.8. The predicted octanol–water partition coefficient (Wildman–Crippen LogP) is 2.92. The van der Waals surface area contributed by atoms with Crippen molar-refractivity contribution in [2.24, 2.45) is 5.92 Å². The molecule has 5 heteroatoms. The number of halogens is 1. The Morgan fingerprint density at radius 2 is 1.96 bits per heavy atom. The standard InChI is InChI=1S/C19H28ClN3O/c20-17-8-2-1-7-16(17)19(24)22-11-10-21-14-15-6-5-13-23-12-4-3-9-18(15)23/h1-2,7-8,15,18,21H,3-6,9-14H2,(H,22,24)/t15-,18+/m0/s1. The van der Waals surface area contributed by atoms with Gasteiger partial charge in [-0.25, -0.2) is 0 Å². The van der Waals surface area contributed by atoms with Gasteiger partial charge in [0.1, 0.15) is 0 Å². The first-order valence-electron chi connectivity index (χ1n) is 9.23. The maximum absolute atomic E-state index is 12.1. The Morgan fingerprint density at radius 3 is 2.83 bits per heavy atom. The van der Waals surface area contributed by atoms with Crippen LogP contribution in [0.4, 0.5) is 0 Å². The molecule has 0 unspecified atom stereocenters. The zero-order chi connectivity index (χ0) is 16.8. The summed E-state index contributed by atoms with van der Waals surface area (Å²) < 4.78 is 0. The van der Waals surface area contributed by atoms with Gasteiger partial charge in [0, 0.05) is 19.1 Å². The van der Waals surface area contributed by atoms with Crippen LogP contribution in [0.1, 0.15) is 42.5 Å². The van der Waals surface area contributed by atoms with Crippen LogP contribution in [-0.4, -0.2) is 49.6 Å². The highest BCUT2D eigenvalue weighted by molar-refractivity contribution is 6.33. The summed E-state index contributed by atoms with van der Waals surface area (Å²) in [6.45, 7) is 5.07. The van der Waals surface area contributed by atoms with Crippen molar-refractivity contribution in [3.8, 4) is 0 Å². The van der Waals surface area contributed by atoms with Crippen LogP contribution in [0.3, 0.4) is 0 Å². The van der Waals surface area contributed by atoms with E-state index in [1.54, 1.807) is 12.1 Å². The lowest BCUT2D eigenvalue weighted by atomic mass is 9.83. The van der Waals surface area contributed by atoms with E-state index in [0.717, 1.165) is 25.0 Å². The number of nitrogens with one attached hydrogen (secondary N) is 2. The summed E-state index contributed by atoms with van der Waals surface area (Å²) in [5, 5.41) is 6.98. The van der Waals surface area contributed by atoms with Crippen molar-refractivity contribution in [2.45, 2.75) is 38.1 Å². The van der Waals surface area contributed by atoms with Crippen LogP contribution in [0.15, 0.2) is 24.3 Å². The van der Waals surface area contributed by atoms with Crippen molar-refractivity contribution in [2.75, 3.05) is 32.7 Å². The third-order valence-electron chi connectivity index (χ3n) is 5.34. The van der Waals surface area contributed by atoms with E-state index >= 15 is 0 Å². The molecule has 4 nitrogen and oxygen atoms in total. The highest BCUT2D eigenvalue weighted by Gasteiger charge is 2.32. The van der Waals surface area contributed by atoms with Gasteiger partial charge in [0.25, 0.3) is 5.91 Å². The maximum atomic E-state index is 12.1. The van der Waals surface area contributed by atoms with Gasteiger partial charge in [0.05, 0.1) is 10.6 Å². The SMILES string of the molecule is O=C(NCCNC[C@@H]1CCCN2CCCC[C@H]12)c1ccccc1Cl. The molecule has 0 aromatic heterocycles. The number of carbonyl (C=O) groups excluding carboxylic acids is 1. The lowest BCUT2D eigenvalue weighted by Crippen LogP contribution is -2.50. The van der Waals surface area contributed by atoms with Crippen LogP contribution in [0, 0.1) is 5.92 Å². The second-order valence-corrected chi connectivity index (χ2v) is 7.35. The molecule has 0 bridgehead atoms. The molecule has 0 spiro atoms. The summed E-state index contributed by atoms with van der Waals surface area (Å²) >= 11 is 6.04. The number of benzene rings is 1. The fraction of sp³-hybridized carbons (Fsp3) is 0.632. The van der Waals surface area contributed by atoms with Gasteiger partial charge in [-0.15, -0.1) is 0 Å². The molecule has 1 amide bonds. The summed E-state index contributed by atoms with van der Waals surface area (Å²) in [7, 11) is 0. The molecule has 1 aromatic carbocycles. The number of carbonyl (C=O) groups is 1. The van der Waals surface area contributed by atoms with E-state index in [-0.39, 0.29) is 5.91 Å². The van der Waals surface area contributed by atoms with E-state index in [1.165, 1.54) is 45.2 Å². The molecule has 24 heavy (non-hydrogen) atoms. The summed E-state index contributed by atoms with van der Waals surface area (Å²) in [5.41, 5.74) is 0.546. The van der Waals surface area contributed by atoms with Crippen LogP contribution in [0.5, 0.6) is 0 Å². The normalized spacial score (nSPS) is 24.4. The first kappa shape index (κ1) is 17.7. The molecule has 2 fully saturated rings. The molecule has 2 aliphatic rings. The first-order valence-corrected chi connectivity index (χ1v) is 9.61. The topological polar surface area (TPSA) is 44.4 Å². The second-order valence-electron chi connectivity index (χ2n) is 6.94. The molecule has 0 aliphatic carbocycles.